The lowest BCUT2D eigenvalue weighted by Crippen LogP contribution is -2.28. The van der Waals surface area contributed by atoms with Crippen molar-refractivity contribution >= 4 is 0 Å². The molecule has 1 aliphatic carbocycles. The number of nitrogens with one attached hydrogen (secondary N) is 1. The SMILES string of the molecule is CCCCC1C(NC(C)C)C1C(C)C(C)CC. The van der Waals surface area contributed by atoms with Gasteiger partial charge in [0.15, 0.2) is 0 Å². The molecule has 102 valence electrons. The van der Waals surface area contributed by atoms with E-state index in [0.29, 0.717) is 6.04 Å². The minimum Gasteiger partial charge on any atom is -0.311 e. The zero-order valence-electron chi connectivity index (χ0n) is 12.8. The van der Waals surface area contributed by atoms with Gasteiger partial charge in [-0.05, 0) is 30.1 Å². The quantitative estimate of drug-likeness (QED) is 0.659. The van der Waals surface area contributed by atoms with Crippen molar-refractivity contribution in [3.63, 3.8) is 0 Å². The summed E-state index contributed by atoms with van der Waals surface area (Å²) in [7, 11) is 0. The highest BCUT2D eigenvalue weighted by atomic mass is 15.0. The first kappa shape index (κ1) is 15.0. The Bertz CT molecular complexity index is 212. The molecule has 0 aromatic carbocycles. The van der Waals surface area contributed by atoms with Crippen LogP contribution in [0.1, 0.15) is 67.2 Å². The van der Waals surface area contributed by atoms with Crippen molar-refractivity contribution in [2.24, 2.45) is 23.7 Å². The molecule has 0 spiro atoms. The standard InChI is InChI=1S/C16H33N/c1-7-9-10-14-15(13(6)12(5)8-2)16(14)17-11(3)4/h11-17H,7-10H2,1-6H3. The maximum atomic E-state index is 3.79. The van der Waals surface area contributed by atoms with E-state index in [2.05, 4.69) is 46.9 Å². The third-order valence-electron chi connectivity index (χ3n) is 4.79. The van der Waals surface area contributed by atoms with E-state index in [0.717, 1.165) is 29.7 Å². The van der Waals surface area contributed by atoms with Gasteiger partial charge in [0.05, 0.1) is 0 Å². The molecule has 5 atom stereocenters. The van der Waals surface area contributed by atoms with Gasteiger partial charge >= 0.3 is 0 Å². The van der Waals surface area contributed by atoms with Gasteiger partial charge in [-0.2, -0.15) is 0 Å². The highest BCUT2D eigenvalue weighted by Crippen LogP contribution is 2.50. The molecule has 1 fully saturated rings. The van der Waals surface area contributed by atoms with Crippen molar-refractivity contribution in [2.75, 3.05) is 0 Å². The first-order valence-corrected chi connectivity index (χ1v) is 7.78. The van der Waals surface area contributed by atoms with Gasteiger partial charge < -0.3 is 5.32 Å². The highest BCUT2D eigenvalue weighted by Gasteiger charge is 2.52. The molecule has 0 aliphatic heterocycles. The summed E-state index contributed by atoms with van der Waals surface area (Å²) in [5, 5.41) is 3.79. The molecule has 0 radical (unpaired) electrons. The Kier molecular flexibility index (Phi) is 5.99. The van der Waals surface area contributed by atoms with Gasteiger partial charge in [-0.25, -0.2) is 0 Å². The van der Waals surface area contributed by atoms with E-state index in [1.165, 1.54) is 25.7 Å². The molecule has 0 amide bonds. The third-order valence-corrected chi connectivity index (χ3v) is 4.79. The first-order chi connectivity index (χ1) is 8.02. The fourth-order valence-corrected chi connectivity index (χ4v) is 3.30. The molecule has 5 unspecified atom stereocenters. The molecule has 1 rings (SSSR count). The van der Waals surface area contributed by atoms with Crippen molar-refractivity contribution in [3.05, 3.63) is 0 Å². The summed E-state index contributed by atoms with van der Waals surface area (Å²) >= 11 is 0. The summed E-state index contributed by atoms with van der Waals surface area (Å²) in [6, 6.07) is 1.45. The molecule has 1 nitrogen and oxygen atoms in total. The van der Waals surface area contributed by atoms with E-state index in [1.54, 1.807) is 0 Å². The molecule has 1 aliphatic rings. The van der Waals surface area contributed by atoms with Gasteiger partial charge in [0.2, 0.25) is 0 Å². The summed E-state index contributed by atoms with van der Waals surface area (Å²) in [6.07, 6.45) is 5.51. The van der Waals surface area contributed by atoms with E-state index >= 15 is 0 Å². The molecular formula is C16H33N. The van der Waals surface area contributed by atoms with Crippen LogP contribution in [0, 0.1) is 23.7 Å². The van der Waals surface area contributed by atoms with E-state index in [1.807, 2.05) is 0 Å². The maximum Gasteiger partial charge on any atom is 0.0135 e. The second-order valence-corrected chi connectivity index (χ2v) is 6.48. The average molecular weight is 239 g/mol. The Labute approximate surface area is 109 Å². The molecule has 1 heteroatoms. The topological polar surface area (TPSA) is 12.0 Å². The molecule has 1 N–H and O–H groups in total. The molecule has 1 saturated carbocycles. The lowest BCUT2D eigenvalue weighted by molar-refractivity contribution is 0.311. The Morgan fingerprint density at radius 3 is 2.18 bits per heavy atom. The molecular weight excluding hydrogens is 206 g/mol. The van der Waals surface area contributed by atoms with Crippen molar-refractivity contribution in [1.82, 2.24) is 5.32 Å². The summed E-state index contributed by atoms with van der Waals surface area (Å²) in [6.45, 7) is 14.1. The minimum atomic E-state index is 0.637. The summed E-state index contributed by atoms with van der Waals surface area (Å²) in [4.78, 5) is 0. The largest absolute Gasteiger partial charge is 0.311 e. The van der Waals surface area contributed by atoms with Crippen LogP contribution in [0.25, 0.3) is 0 Å². The van der Waals surface area contributed by atoms with E-state index in [9.17, 15) is 0 Å². The smallest absolute Gasteiger partial charge is 0.0135 e. The zero-order valence-corrected chi connectivity index (χ0v) is 12.8. The Morgan fingerprint density at radius 2 is 1.71 bits per heavy atom. The van der Waals surface area contributed by atoms with Gasteiger partial charge in [0.25, 0.3) is 0 Å². The predicted molar refractivity (Wildman–Crippen MR) is 77.2 cm³/mol. The summed E-state index contributed by atoms with van der Waals surface area (Å²) in [5.41, 5.74) is 0. The van der Waals surface area contributed by atoms with Crippen LogP contribution < -0.4 is 5.32 Å². The van der Waals surface area contributed by atoms with E-state index in [-0.39, 0.29) is 0 Å². The molecule has 17 heavy (non-hydrogen) atoms. The molecule has 0 aromatic rings. The minimum absolute atomic E-state index is 0.637. The molecule has 0 bridgehead atoms. The van der Waals surface area contributed by atoms with Gasteiger partial charge in [-0.3, -0.25) is 0 Å². The van der Waals surface area contributed by atoms with E-state index < -0.39 is 0 Å². The third kappa shape index (κ3) is 3.98. The van der Waals surface area contributed by atoms with Gasteiger partial charge in [0, 0.05) is 12.1 Å². The number of rotatable bonds is 8. The van der Waals surface area contributed by atoms with Crippen LogP contribution in [-0.2, 0) is 0 Å². The monoisotopic (exact) mass is 239 g/mol. The molecule has 0 saturated heterocycles. The van der Waals surface area contributed by atoms with Crippen molar-refractivity contribution < 1.29 is 0 Å². The zero-order chi connectivity index (χ0) is 13.0. The van der Waals surface area contributed by atoms with Crippen LogP contribution in [0.3, 0.4) is 0 Å². The van der Waals surface area contributed by atoms with Crippen LogP contribution in [0.15, 0.2) is 0 Å². The fraction of sp³-hybridized carbons (Fsp3) is 1.00. The normalized spacial score (nSPS) is 31.6. The van der Waals surface area contributed by atoms with Gasteiger partial charge in [-0.1, -0.05) is 60.8 Å². The first-order valence-electron chi connectivity index (χ1n) is 7.78. The lowest BCUT2D eigenvalue weighted by atomic mass is 9.88. The number of unbranched alkanes of at least 4 members (excludes halogenated alkanes) is 1. The van der Waals surface area contributed by atoms with Crippen LogP contribution in [-0.4, -0.2) is 12.1 Å². The predicted octanol–water partition coefficient (Wildman–Crippen LogP) is 4.47. The number of hydrogen-bond acceptors (Lipinski definition) is 1. The summed E-state index contributed by atoms with van der Waals surface area (Å²) in [5.74, 6) is 3.67. The molecule has 0 heterocycles. The van der Waals surface area contributed by atoms with Crippen molar-refractivity contribution in [2.45, 2.75) is 79.3 Å². The Hall–Kier alpha value is -0.0400. The Morgan fingerprint density at radius 1 is 1.06 bits per heavy atom. The fourth-order valence-electron chi connectivity index (χ4n) is 3.30. The van der Waals surface area contributed by atoms with E-state index in [4.69, 9.17) is 0 Å². The lowest BCUT2D eigenvalue weighted by Gasteiger charge is -2.19. The van der Waals surface area contributed by atoms with Crippen molar-refractivity contribution in [3.8, 4) is 0 Å². The second kappa shape index (κ2) is 6.78. The highest BCUT2D eigenvalue weighted by molar-refractivity contribution is 5.06. The molecule has 0 aromatic heterocycles. The average Bonchev–Trinajstić information content (AvgIpc) is 2.96. The van der Waals surface area contributed by atoms with Crippen molar-refractivity contribution in [1.29, 1.82) is 0 Å². The summed E-state index contributed by atoms with van der Waals surface area (Å²) < 4.78 is 0. The maximum absolute atomic E-state index is 3.79. The number of hydrogen-bond donors (Lipinski definition) is 1. The Balaban J connectivity index is 2.50. The van der Waals surface area contributed by atoms with Gasteiger partial charge in [0.1, 0.15) is 0 Å². The van der Waals surface area contributed by atoms with Crippen LogP contribution >= 0.6 is 0 Å². The van der Waals surface area contributed by atoms with Crippen LogP contribution in [0.5, 0.6) is 0 Å². The van der Waals surface area contributed by atoms with Gasteiger partial charge in [-0.15, -0.1) is 0 Å². The van der Waals surface area contributed by atoms with Crippen LogP contribution in [0.2, 0.25) is 0 Å². The van der Waals surface area contributed by atoms with Crippen LogP contribution in [0.4, 0.5) is 0 Å². The second-order valence-electron chi connectivity index (χ2n) is 6.48.